The Morgan fingerprint density at radius 2 is 1.79 bits per heavy atom. The third-order valence-electron chi connectivity index (χ3n) is 3.58. The van der Waals surface area contributed by atoms with Crippen LogP contribution in [-0.2, 0) is 4.79 Å². The molecule has 3 nitrogen and oxygen atoms in total. The first-order chi connectivity index (χ1) is 9.06. The molecule has 0 radical (unpaired) electrons. The van der Waals surface area contributed by atoms with Crippen LogP contribution >= 0.6 is 15.9 Å². The fraction of sp³-hybridized carbons (Fsp3) is 0.533. The Morgan fingerprint density at radius 1 is 1.21 bits per heavy atom. The van der Waals surface area contributed by atoms with Crippen molar-refractivity contribution in [2.75, 3.05) is 25.0 Å². The zero-order valence-electron chi connectivity index (χ0n) is 11.6. The van der Waals surface area contributed by atoms with Crippen LogP contribution in [0, 0.1) is 13.8 Å². The predicted octanol–water partition coefficient (Wildman–Crippen LogP) is 3.49. The molecular formula is C15H21BrN2O. The number of benzene rings is 1. The van der Waals surface area contributed by atoms with Gasteiger partial charge in [-0.25, -0.2) is 0 Å². The van der Waals surface area contributed by atoms with Crippen LogP contribution in [0.4, 0.5) is 5.69 Å². The van der Waals surface area contributed by atoms with Crippen molar-refractivity contribution < 1.29 is 4.79 Å². The molecule has 0 spiro atoms. The molecule has 1 heterocycles. The maximum absolute atomic E-state index is 12.1. The molecule has 1 aliphatic heterocycles. The Morgan fingerprint density at radius 3 is 2.37 bits per heavy atom. The van der Waals surface area contributed by atoms with Gasteiger partial charge in [0.15, 0.2) is 0 Å². The van der Waals surface area contributed by atoms with Crippen LogP contribution in [0.25, 0.3) is 0 Å². The highest BCUT2D eigenvalue weighted by Gasteiger charge is 2.15. The fourth-order valence-corrected chi connectivity index (χ4v) is 3.29. The molecule has 4 heteroatoms. The Kier molecular flexibility index (Phi) is 4.99. The summed E-state index contributed by atoms with van der Waals surface area (Å²) in [5.74, 6) is 0.0930. The van der Waals surface area contributed by atoms with Crippen LogP contribution in [0.1, 0.15) is 30.4 Å². The van der Waals surface area contributed by atoms with Crippen LogP contribution < -0.4 is 5.32 Å². The number of carbonyl (C=O) groups is 1. The van der Waals surface area contributed by atoms with Crippen LogP contribution in [0.15, 0.2) is 16.6 Å². The largest absolute Gasteiger partial charge is 0.324 e. The van der Waals surface area contributed by atoms with Gasteiger partial charge in [0.25, 0.3) is 0 Å². The van der Waals surface area contributed by atoms with E-state index in [-0.39, 0.29) is 5.91 Å². The van der Waals surface area contributed by atoms with E-state index in [2.05, 4.69) is 26.1 Å². The number of amides is 1. The van der Waals surface area contributed by atoms with Crippen molar-refractivity contribution in [2.24, 2.45) is 0 Å². The molecule has 0 bridgehead atoms. The number of nitrogens with one attached hydrogen (secondary N) is 1. The summed E-state index contributed by atoms with van der Waals surface area (Å²) in [5.41, 5.74) is 3.14. The summed E-state index contributed by atoms with van der Waals surface area (Å²) in [6, 6.07) is 4.06. The molecule has 1 aromatic rings. The van der Waals surface area contributed by atoms with Crippen LogP contribution in [-0.4, -0.2) is 30.4 Å². The summed E-state index contributed by atoms with van der Waals surface area (Å²) >= 11 is 3.47. The van der Waals surface area contributed by atoms with Crippen LogP contribution in [0.3, 0.4) is 0 Å². The van der Waals surface area contributed by atoms with Gasteiger partial charge in [-0.1, -0.05) is 22.4 Å². The maximum atomic E-state index is 12.1. The third-order valence-corrected chi connectivity index (χ3v) is 4.04. The standard InChI is InChI=1S/C15H21BrN2O/c1-11-8-13(16)9-12(2)15(11)17-14(19)10-18-6-4-3-5-7-18/h8-9H,3-7,10H2,1-2H3,(H,17,19). The average Bonchev–Trinajstić information content (AvgIpc) is 2.35. The van der Waals surface area contributed by atoms with Crippen LogP contribution in [0.5, 0.6) is 0 Å². The van der Waals surface area contributed by atoms with Crippen molar-refractivity contribution in [2.45, 2.75) is 33.1 Å². The Labute approximate surface area is 123 Å². The molecule has 1 saturated heterocycles. The zero-order valence-corrected chi connectivity index (χ0v) is 13.2. The highest BCUT2D eigenvalue weighted by atomic mass is 79.9. The molecule has 1 amide bonds. The van der Waals surface area contributed by atoms with Crippen molar-refractivity contribution in [3.8, 4) is 0 Å². The summed E-state index contributed by atoms with van der Waals surface area (Å²) in [6.07, 6.45) is 3.72. The molecule has 1 N–H and O–H groups in total. The Hall–Kier alpha value is -0.870. The van der Waals surface area contributed by atoms with E-state index >= 15 is 0 Å². The molecular weight excluding hydrogens is 304 g/mol. The molecule has 0 aromatic heterocycles. The Balaban J connectivity index is 1.98. The first-order valence-electron chi connectivity index (χ1n) is 6.85. The lowest BCUT2D eigenvalue weighted by Gasteiger charge is -2.26. The van der Waals surface area contributed by atoms with Gasteiger partial charge in [-0.15, -0.1) is 0 Å². The number of hydrogen-bond donors (Lipinski definition) is 1. The first kappa shape index (κ1) is 14.5. The van der Waals surface area contributed by atoms with E-state index in [0.29, 0.717) is 6.54 Å². The highest BCUT2D eigenvalue weighted by Crippen LogP contribution is 2.25. The summed E-state index contributed by atoms with van der Waals surface area (Å²) < 4.78 is 1.05. The number of aryl methyl sites for hydroxylation is 2. The summed E-state index contributed by atoms with van der Waals surface area (Å²) in [5, 5.41) is 3.05. The minimum absolute atomic E-state index is 0.0930. The van der Waals surface area contributed by atoms with Gasteiger partial charge in [0, 0.05) is 10.2 Å². The highest BCUT2D eigenvalue weighted by molar-refractivity contribution is 9.10. The lowest BCUT2D eigenvalue weighted by atomic mass is 10.1. The van der Waals surface area contributed by atoms with E-state index < -0.39 is 0 Å². The summed E-state index contributed by atoms with van der Waals surface area (Å²) in [6.45, 7) is 6.65. The quantitative estimate of drug-likeness (QED) is 0.923. The lowest BCUT2D eigenvalue weighted by Crippen LogP contribution is -2.37. The minimum atomic E-state index is 0.0930. The molecule has 1 aromatic carbocycles. The van der Waals surface area contributed by atoms with E-state index in [0.717, 1.165) is 34.4 Å². The number of piperidine rings is 1. The summed E-state index contributed by atoms with van der Waals surface area (Å²) in [4.78, 5) is 14.3. The van der Waals surface area contributed by atoms with E-state index in [1.54, 1.807) is 0 Å². The number of carbonyl (C=O) groups excluding carboxylic acids is 1. The molecule has 104 valence electrons. The molecule has 0 unspecified atom stereocenters. The monoisotopic (exact) mass is 324 g/mol. The van der Waals surface area contributed by atoms with E-state index in [1.807, 2.05) is 26.0 Å². The predicted molar refractivity (Wildman–Crippen MR) is 82.5 cm³/mol. The molecule has 0 atom stereocenters. The number of anilines is 1. The second kappa shape index (κ2) is 6.53. The number of halogens is 1. The first-order valence-corrected chi connectivity index (χ1v) is 7.64. The second-order valence-electron chi connectivity index (χ2n) is 5.30. The number of nitrogens with zero attached hydrogens (tertiary/aromatic N) is 1. The molecule has 19 heavy (non-hydrogen) atoms. The molecule has 2 rings (SSSR count). The van der Waals surface area contributed by atoms with E-state index in [9.17, 15) is 4.79 Å². The number of likely N-dealkylation sites (tertiary alicyclic amines) is 1. The second-order valence-corrected chi connectivity index (χ2v) is 6.22. The fourth-order valence-electron chi connectivity index (χ4n) is 2.61. The van der Waals surface area contributed by atoms with Crippen molar-refractivity contribution in [3.63, 3.8) is 0 Å². The molecule has 1 fully saturated rings. The van der Waals surface area contributed by atoms with Gasteiger partial charge < -0.3 is 5.32 Å². The van der Waals surface area contributed by atoms with Crippen molar-refractivity contribution >= 4 is 27.5 Å². The van der Waals surface area contributed by atoms with Gasteiger partial charge in [0.2, 0.25) is 5.91 Å². The number of rotatable bonds is 3. The smallest absolute Gasteiger partial charge is 0.238 e. The molecule has 0 aliphatic carbocycles. The van der Waals surface area contributed by atoms with Gasteiger partial charge >= 0.3 is 0 Å². The van der Waals surface area contributed by atoms with Gasteiger partial charge in [-0.05, 0) is 63.0 Å². The SMILES string of the molecule is Cc1cc(Br)cc(C)c1NC(=O)CN1CCCCC1. The molecule has 0 saturated carbocycles. The topological polar surface area (TPSA) is 32.3 Å². The van der Waals surface area contributed by atoms with Crippen LogP contribution in [0.2, 0.25) is 0 Å². The van der Waals surface area contributed by atoms with E-state index in [1.165, 1.54) is 19.3 Å². The van der Waals surface area contributed by atoms with Crippen molar-refractivity contribution in [1.82, 2.24) is 4.90 Å². The van der Waals surface area contributed by atoms with E-state index in [4.69, 9.17) is 0 Å². The normalized spacial score (nSPS) is 16.4. The van der Waals surface area contributed by atoms with Gasteiger partial charge in [0.05, 0.1) is 6.54 Å². The minimum Gasteiger partial charge on any atom is -0.324 e. The lowest BCUT2D eigenvalue weighted by molar-refractivity contribution is -0.117. The average molecular weight is 325 g/mol. The zero-order chi connectivity index (χ0) is 13.8. The third kappa shape index (κ3) is 4.05. The van der Waals surface area contributed by atoms with Gasteiger partial charge in [-0.3, -0.25) is 9.69 Å². The van der Waals surface area contributed by atoms with Crippen molar-refractivity contribution in [3.05, 3.63) is 27.7 Å². The Bertz CT molecular complexity index is 444. The maximum Gasteiger partial charge on any atom is 0.238 e. The van der Waals surface area contributed by atoms with Gasteiger partial charge in [-0.2, -0.15) is 0 Å². The number of hydrogen-bond acceptors (Lipinski definition) is 2. The van der Waals surface area contributed by atoms with Gasteiger partial charge in [0.1, 0.15) is 0 Å². The van der Waals surface area contributed by atoms with Crippen molar-refractivity contribution in [1.29, 1.82) is 0 Å². The molecule has 1 aliphatic rings. The summed E-state index contributed by atoms with van der Waals surface area (Å²) in [7, 11) is 0.